The van der Waals surface area contributed by atoms with Gasteiger partial charge in [0.05, 0.1) is 19.4 Å². The van der Waals surface area contributed by atoms with Crippen LogP contribution in [-0.4, -0.2) is 46.4 Å². The smallest absolute Gasteiger partial charge is 0.157 e. The Bertz CT molecular complexity index is 1300. The molecule has 0 unspecified atom stereocenters. The summed E-state index contributed by atoms with van der Waals surface area (Å²) in [7, 11) is 0. The standard InChI is InChI=1S/C25H24N6O/c26-22-8-3-18-15-19(4-7-21(18)22)28-25-24(29-23-16-27-9-10-31(23)25)17-1-5-20(6-2-17)30-11-13-32-14-12-30/h1-2,4-7,9-10,15-16,26,28H,3,8,11-14H2. The number of hydrogen-bond acceptors (Lipinski definition) is 6. The molecule has 0 bridgehead atoms. The zero-order valence-electron chi connectivity index (χ0n) is 17.7. The van der Waals surface area contributed by atoms with E-state index in [2.05, 4.69) is 51.6 Å². The number of aromatic nitrogens is 3. The first-order chi connectivity index (χ1) is 15.8. The van der Waals surface area contributed by atoms with E-state index in [9.17, 15) is 0 Å². The molecule has 0 amide bonds. The van der Waals surface area contributed by atoms with Gasteiger partial charge in [0.2, 0.25) is 0 Å². The minimum absolute atomic E-state index is 0.730. The SMILES string of the molecule is N=C1CCc2cc(Nc3c(-c4ccc(N5CCOCC5)cc4)nc4cnccn34)ccc21. The molecular formula is C25H24N6O. The van der Waals surface area contributed by atoms with Gasteiger partial charge in [-0.2, -0.15) is 0 Å². The first-order valence-electron chi connectivity index (χ1n) is 11.0. The summed E-state index contributed by atoms with van der Waals surface area (Å²) < 4.78 is 7.51. The number of fused-ring (bicyclic) bond motifs is 2. The van der Waals surface area contributed by atoms with Gasteiger partial charge >= 0.3 is 0 Å². The summed E-state index contributed by atoms with van der Waals surface area (Å²) in [5, 5.41) is 11.7. The second-order valence-electron chi connectivity index (χ2n) is 8.24. The molecule has 0 radical (unpaired) electrons. The summed E-state index contributed by atoms with van der Waals surface area (Å²) >= 11 is 0. The van der Waals surface area contributed by atoms with E-state index >= 15 is 0 Å². The molecule has 160 valence electrons. The molecule has 2 aromatic heterocycles. The summed E-state index contributed by atoms with van der Waals surface area (Å²) in [5.41, 5.74) is 7.97. The lowest BCUT2D eigenvalue weighted by atomic mass is 10.1. The molecule has 0 saturated carbocycles. The average molecular weight is 425 g/mol. The van der Waals surface area contributed by atoms with Gasteiger partial charge in [0.25, 0.3) is 0 Å². The normalized spacial score (nSPS) is 15.9. The predicted octanol–water partition coefficient (Wildman–Crippen LogP) is 4.29. The van der Waals surface area contributed by atoms with Gasteiger partial charge in [0, 0.05) is 48.1 Å². The molecule has 3 heterocycles. The van der Waals surface area contributed by atoms with Crippen molar-refractivity contribution in [1.82, 2.24) is 14.4 Å². The van der Waals surface area contributed by atoms with Crippen LogP contribution in [0.15, 0.2) is 61.1 Å². The van der Waals surface area contributed by atoms with Gasteiger partial charge in [-0.05, 0) is 48.2 Å². The van der Waals surface area contributed by atoms with Crippen LogP contribution < -0.4 is 10.2 Å². The summed E-state index contributed by atoms with van der Waals surface area (Å²) in [6.07, 6.45) is 7.23. The van der Waals surface area contributed by atoms with Gasteiger partial charge < -0.3 is 20.4 Å². The highest BCUT2D eigenvalue weighted by atomic mass is 16.5. The van der Waals surface area contributed by atoms with Gasteiger partial charge in [0.1, 0.15) is 11.5 Å². The van der Waals surface area contributed by atoms with Gasteiger partial charge in [-0.25, -0.2) is 4.98 Å². The highest BCUT2D eigenvalue weighted by Crippen LogP contribution is 2.33. The van der Waals surface area contributed by atoms with E-state index in [1.807, 2.05) is 16.7 Å². The number of rotatable bonds is 4. The third-order valence-electron chi connectivity index (χ3n) is 6.28. The van der Waals surface area contributed by atoms with E-state index in [-0.39, 0.29) is 0 Å². The summed E-state index contributed by atoms with van der Waals surface area (Å²) in [6.45, 7) is 3.38. The maximum absolute atomic E-state index is 8.09. The highest BCUT2D eigenvalue weighted by Gasteiger charge is 2.19. The third kappa shape index (κ3) is 3.31. The van der Waals surface area contributed by atoms with Crippen LogP contribution in [0, 0.1) is 5.41 Å². The fourth-order valence-electron chi connectivity index (χ4n) is 4.58. The van der Waals surface area contributed by atoms with Crippen molar-refractivity contribution in [3.63, 3.8) is 0 Å². The van der Waals surface area contributed by atoms with E-state index in [1.165, 1.54) is 11.3 Å². The maximum atomic E-state index is 8.09. The van der Waals surface area contributed by atoms with Gasteiger partial charge in [-0.3, -0.25) is 9.38 Å². The summed E-state index contributed by atoms with van der Waals surface area (Å²) in [6, 6.07) is 14.8. The molecule has 0 atom stereocenters. The largest absolute Gasteiger partial charge is 0.378 e. The number of morpholine rings is 1. The van der Waals surface area contributed by atoms with Crippen molar-refractivity contribution in [2.75, 3.05) is 36.5 Å². The molecule has 6 rings (SSSR count). The monoisotopic (exact) mass is 424 g/mol. The first kappa shape index (κ1) is 19.0. The van der Waals surface area contributed by atoms with E-state index in [4.69, 9.17) is 15.1 Å². The Balaban J connectivity index is 1.37. The topological polar surface area (TPSA) is 78.5 Å². The fourth-order valence-corrected chi connectivity index (χ4v) is 4.58. The number of aryl methyl sites for hydroxylation is 1. The predicted molar refractivity (Wildman–Crippen MR) is 126 cm³/mol. The lowest BCUT2D eigenvalue weighted by molar-refractivity contribution is 0.122. The van der Waals surface area contributed by atoms with E-state index in [0.717, 1.165) is 78.8 Å². The molecule has 2 aliphatic rings. The maximum Gasteiger partial charge on any atom is 0.157 e. The molecule has 1 fully saturated rings. The Morgan fingerprint density at radius 3 is 2.69 bits per heavy atom. The summed E-state index contributed by atoms with van der Waals surface area (Å²) in [5.74, 6) is 0.912. The van der Waals surface area contributed by atoms with Crippen LogP contribution in [0.25, 0.3) is 16.9 Å². The van der Waals surface area contributed by atoms with Crippen molar-refractivity contribution < 1.29 is 4.74 Å². The second-order valence-corrected chi connectivity index (χ2v) is 8.24. The Hall–Kier alpha value is -3.71. The molecule has 32 heavy (non-hydrogen) atoms. The molecular weight excluding hydrogens is 400 g/mol. The van der Waals surface area contributed by atoms with Crippen LogP contribution in [0.4, 0.5) is 17.2 Å². The Morgan fingerprint density at radius 2 is 1.84 bits per heavy atom. The van der Waals surface area contributed by atoms with Crippen LogP contribution in [-0.2, 0) is 11.2 Å². The Morgan fingerprint density at radius 1 is 1.00 bits per heavy atom. The second kappa shape index (κ2) is 7.76. The van der Waals surface area contributed by atoms with Crippen LogP contribution in [0.1, 0.15) is 17.5 Å². The van der Waals surface area contributed by atoms with Gasteiger partial charge in [-0.1, -0.05) is 18.2 Å². The quantitative estimate of drug-likeness (QED) is 0.511. The lowest BCUT2D eigenvalue weighted by Gasteiger charge is -2.28. The molecule has 1 aliphatic carbocycles. The van der Waals surface area contributed by atoms with Crippen LogP contribution >= 0.6 is 0 Å². The van der Waals surface area contributed by atoms with Crippen LogP contribution in [0.2, 0.25) is 0 Å². The number of benzene rings is 2. The number of nitrogens with one attached hydrogen (secondary N) is 2. The number of ether oxygens (including phenoxy) is 1. The molecule has 2 N–H and O–H groups in total. The molecule has 0 spiro atoms. The Labute approximate surface area is 186 Å². The molecule has 4 aromatic rings. The summed E-state index contributed by atoms with van der Waals surface area (Å²) in [4.78, 5) is 11.5. The van der Waals surface area contributed by atoms with Crippen LogP contribution in [0.3, 0.4) is 0 Å². The first-order valence-corrected chi connectivity index (χ1v) is 11.0. The van der Waals surface area contributed by atoms with Crippen molar-refractivity contribution in [3.8, 4) is 11.3 Å². The van der Waals surface area contributed by atoms with Crippen molar-refractivity contribution in [3.05, 3.63) is 72.2 Å². The zero-order chi connectivity index (χ0) is 21.5. The molecule has 1 aliphatic heterocycles. The number of nitrogens with zero attached hydrogens (tertiary/aromatic N) is 4. The highest BCUT2D eigenvalue weighted by molar-refractivity contribution is 6.02. The van der Waals surface area contributed by atoms with Crippen molar-refractivity contribution in [1.29, 1.82) is 5.41 Å². The van der Waals surface area contributed by atoms with Gasteiger partial charge in [-0.15, -0.1) is 0 Å². The van der Waals surface area contributed by atoms with Gasteiger partial charge in [0.15, 0.2) is 5.65 Å². The molecule has 7 nitrogen and oxygen atoms in total. The van der Waals surface area contributed by atoms with E-state index in [1.54, 1.807) is 12.4 Å². The lowest BCUT2D eigenvalue weighted by Crippen LogP contribution is -2.36. The van der Waals surface area contributed by atoms with Crippen molar-refractivity contribution in [2.24, 2.45) is 0 Å². The molecule has 1 saturated heterocycles. The number of anilines is 3. The Kier molecular flexibility index (Phi) is 4.61. The van der Waals surface area contributed by atoms with E-state index in [0.29, 0.717) is 0 Å². The number of imidazole rings is 1. The third-order valence-corrected chi connectivity index (χ3v) is 6.28. The van der Waals surface area contributed by atoms with Crippen molar-refractivity contribution >= 4 is 28.6 Å². The zero-order valence-corrected chi connectivity index (χ0v) is 17.7. The minimum atomic E-state index is 0.730. The minimum Gasteiger partial charge on any atom is -0.378 e. The average Bonchev–Trinajstić information content (AvgIpc) is 3.40. The van der Waals surface area contributed by atoms with Crippen molar-refractivity contribution in [2.45, 2.75) is 12.8 Å². The fraction of sp³-hybridized carbons (Fsp3) is 0.240. The van der Waals surface area contributed by atoms with Crippen LogP contribution in [0.5, 0.6) is 0 Å². The number of hydrogen-bond donors (Lipinski definition) is 2. The molecule has 7 heteroatoms. The molecule has 2 aromatic carbocycles. The van der Waals surface area contributed by atoms with E-state index < -0.39 is 0 Å².